The van der Waals surface area contributed by atoms with Crippen LogP contribution in [0.1, 0.15) is 114 Å². The number of morpholine rings is 1. The Morgan fingerprint density at radius 3 is 2.45 bits per heavy atom. The lowest BCUT2D eigenvalue weighted by Crippen LogP contribution is -2.42. The molecule has 4 aliphatic rings. The number of aryl methyl sites for hydroxylation is 2. The molecule has 12 heteroatoms. The van der Waals surface area contributed by atoms with E-state index in [0.717, 1.165) is 52.2 Å². The van der Waals surface area contributed by atoms with Gasteiger partial charge in [-0.25, -0.2) is 13.1 Å². The van der Waals surface area contributed by atoms with Crippen molar-refractivity contribution in [1.29, 1.82) is 0 Å². The Hall–Kier alpha value is -4.16. The van der Waals surface area contributed by atoms with Crippen LogP contribution in [0.4, 0.5) is 5.69 Å². The molecule has 1 saturated heterocycles. The zero-order valence-corrected chi connectivity index (χ0v) is 31.1. The van der Waals surface area contributed by atoms with E-state index in [9.17, 15) is 18.0 Å². The van der Waals surface area contributed by atoms with Crippen LogP contribution in [0.15, 0.2) is 36.4 Å². The van der Waals surface area contributed by atoms with Gasteiger partial charge in [0, 0.05) is 48.9 Å². The summed E-state index contributed by atoms with van der Waals surface area (Å²) in [7, 11) is -2.15. The van der Waals surface area contributed by atoms with E-state index in [-0.39, 0.29) is 17.9 Å². The van der Waals surface area contributed by atoms with Crippen LogP contribution in [0.2, 0.25) is 0 Å². The molecule has 51 heavy (non-hydrogen) atoms. The molecular formula is C39H49N5O6S. The third-order valence-corrected chi connectivity index (χ3v) is 12.9. The van der Waals surface area contributed by atoms with Gasteiger partial charge in [-0.1, -0.05) is 31.4 Å². The van der Waals surface area contributed by atoms with Gasteiger partial charge in [0.15, 0.2) is 0 Å². The highest BCUT2D eigenvalue weighted by molar-refractivity contribution is 7.90. The molecule has 0 bridgehead atoms. The number of hydrogen-bond acceptors (Lipinski definition) is 8. The summed E-state index contributed by atoms with van der Waals surface area (Å²) in [4.78, 5) is 32.0. The van der Waals surface area contributed by atoms with Gasteiger partial charge < -0.3 is 19.3 Å². The van der Waals surface area contributed by atoms with E-state index in [1.165, 1.54) is 24.8 Å². The molecule has 3 aliphatic heterocycles. The number of carbonyl (C=O) groups excluding carboxylic acids is 2. The monoisotopic (exact) mass is 715 g/mol. The molecule has 1 aromatic heterocycles. The van der Waals surface area contributed by atoms with Crippen LogP contribution < -0.4 is 14.4 Å². The summed E-state index contributed by atoms with van der Waals surface area (Å²) < 4.78 is 40.9. The highest BCUT2D eigenvalue weighted by Gasteiger charge is 2.46. The number of nitrogens with one attached hydrogen (secondary N) is 1. The third kappa shape index (κ3) is 6.45. The number of hydrogen-bond donors (Lipinski definition) is 1. The molecule has 272 valence electrons. The quantitative estimate of drug-likeness (QED) is 0.304. The van der Waals surface area contributed by atoms with E-state index in [1.54, 1.807) is 27.0 Å². The number of nitrogens with zero attached hydrogens (tertiary/aromatic N) is 4. The second kappa shape index (κ2) is 14.1. The molecule has 2 aromatic carbocycles. The maximum Gasteiger partial charge on any atom is 0.272 e. The van der Waals surface area contributed by atoms with Crippen molar-refractivity contribution < 1.29 is 27.5 Å². The highest BCUT2D eigenvalue weighted by Crippen LogP contribution is 2.57. The number of benzene rings is 2. The molecule has 2 atom stereocenters. The molecular weight excluding hydrogens is 667 g/mol. The topological polar surface area (TPSA) is 123 Å². The molecule has 0 radical (unpaired) electrons. The second-order valence-corrected chi connectivity index (χ2v) is 16.7. The Morgan fingerprint density at radius 1 is 1.04 bits per heavy atom. The molecule has 1 N–H and O–H groups in total. The lowest BCUT2D eigenvalue weighted by atomic mass is 9.73. The number of aromatic nitrogens is 2. The Bertz CT molecular complexity index is 1970. The fourth-order valence-corrected chi connectivity index (χ4v) is 9.17. The Labute approximate surface area is 301 Å². The third-order valence-electron chi connectivity index (χ3n) is 11.2. The van der Waals surface area contributed by atoms with Crippen LogP contribution in [0.25, 0.3) is 11.6 Å². The molecule has 1 aliphatic carbocycles. The first-order valence-electron chi connectivity index (χ1n) is 18.3. The van der Waals surface area contributed by atoms with Gasteiger partial charge in [0.1, 0.15) is 11.4 Å². The minimum atomic E-state index is -3.82. The predicted molar refractivity (Wildman–Crippen MR) is 198 cm³/mol. The predicted octanol–water partition coefficient (Wildman–Crippen LogP) is 5.94. The van der Waals surface area contributed by atoms with Crippen molar-refractivity contribution in [3.63, 3.8) is 0 Å². The maximum absolute atomic E-state index is 14.3. The molecule has 2 fully saturated rings. The number of fused-ring (bicyclic) bond motifs is 5. The molecule has 4 heterocycles. The van der Waals surface area contributed by atoms with E-state index in [4.69, 9.17) is 14.6 Å². The average molecular weight is 716 g/mol. The number of rotatable bonds is 8. The van der Waals surface area contributed by atoms with E-state index >= 15 is 0 Å². The number of carbonyl (C=O) groups is 2. The molecule has 7 rings (SSSR count). The minimum absolute atomic E-state index is 0.0459. The summed E-state index contributed by atoms with van der Waals surface area (Å²) in [5.74, 6) is 0.644. The largest absolute Gasteiger partial charge is 0.497 e. The van der Waals surface area contributed by atoms with Crippen molar-refractivity contribution in [2.45, 2.75) is 83.6 Å². The van der Waals surface area contributed by atoms with Crippen molar-refractivity contribution in [3.05, 3.63) is 75.6 Å². The van der Waals surface area contributed by atoms with Crippen LogP contribution in [0.3, 0.4) is 0 Å². The van der Waals surface area contributed by atoms with E-state index in [0.29, 0.717) is 56.6 Å². The van der Waals surface area contributed by atoms with E-state index in [1.807, 2.05) is 41.6 Å². The first-order chi connectivity index (χ1) is 24.5. The first-order valence-corrected chi connectivity index (χ1v) is 19.9. The molecule has 11 nitrogen and oxygen atoms in total. The van der Waals surface area contributed by atoms with Crippen molar-refractivity contribution in [2.75, 3.05) is 44.9 Å². The first kappa shape index (κ1) is 35.3. The van der Waals surface area contributed by atoms with Crippen molar-refractivity contribution in [1.82, 2.24) is 19.4 Å². The van der Waals surface area contributed by atoms with Crippen molar-refractivity contribution in [2.24, 2.45) is 5.92 Å². The van der Waals surface area contributed by atoms with Crippen LogP contribution in [0, 0.1) is 12.8 Å². The van der Waals surface area contributed by atoms with Crippen molar-refractivity contribution in [3.8, 4) is 5.75 Å². The number of ether oxygens (including phenoxy) is 2. The van der Waals surface area contributed by atoms with E-state index in [2.05, 4.69) is 27.8 Å². The fraction of sp³-hybridized carbons (Fsp3) is 0.513. The summed E-state index contributed by atoms with van der Waals surface area (Å²) in [6, 6.07) is 11.9. The fourth-order valence-electron chi connectivity index (χ4n) is 8.56. The van der Waals surface area contributed by atoms with Gasteiger partial charge in [0.2, 0.25) is 10.0 Å². The van der Waals surface area contributed by atoms with Crippen LogP contribution >= 0.6 is 0 Å². The van der Waals surface area contributed by atoms with Crippen LogP contribution in [-0.4, -0.2) is 80.1 Å². The summed E-state index contributed by atoms with van der Waals surface area (Å²) in [5, 5.41) is 4.14. The number of sulfonamides is 1. The van der Waals surface area contributed by atoms with Gasteiger partial charge in [-0.05, 0) is 99.1 Å². The number of methoxy groups -OCH3 is 1. The zero-order valence-electron chi connectivity index (χ0n) is 30.3. The molecule has 3 aromatic rings. The zero-order chi connectivity index (χ0) is 36.0. The van der Waals surface area contributed by atoms with Crippen LogP contribution in [0.5, 0.6) is 5.75 Å². The van der Waals surface area contributed by atoms with Crippen molar-refractivity contribution >= 4 is 39.2 Å². The molecule has 1 saturated carbocycles. The number of amides is 2. The Balaban J connectivity index is 1.40. The summed E-state index contributed by atoms with van der Waals surface area (Å²) in [6.07, 6.45) is 8.02. The Morgan fingerprint density at radius 2 is 1.76 bits per heavy atom. The SMILES string of the molecule is CCn1nc(C)c(C2=Cc3cc(OC)ccc3C3C(C4CCCCC4)c4ccc(C(=O)NS(=O)(=O)C(C)C)cc4N3C2)c1C(=O)N1CCOCC1. The maximum atomic E-state index is 14.3. The lowest BCUT2D eigenvalue weighted by molar-refractivity contribution is 0.0294. The average Bonchev–Trinajstić information content (AvgIpc) is 3.58. The van der Waals surface area contributed by atoms with Gasteiger partial charge in [0.05, 0.1) is 37.3 Å². The lowest BCUT2D eigenvalue weighted by Gasteiger charge is -2.36. The smallest absolute Gasteiger partial charge is 0.272 e. The normalized spacial score (nSPS) is 20.7. The standard InChI is InChI=1S/C39H49N5O6S/c1-6-44-37(39(46)42-16-18-50-19-17-42)34(25(4)40-44)29-20-28-21-30(49-5)13-15-31(28)36-35(26-10-8-7-9-11-26)32-14-12-27(22-33(32)43(36)23-29)38(45)41-51(47,48)24(2)3/h12-15,20-22,24,26,35-36H,6-11,16-19,23H2,1-5H3,(H,41,45). The molecule has 2 amide bonds. The van der Waals surface area contributed by atoms with Crippen LogP contribution in [-0.2, 0) is 21.3 Å². The summed E-state index contributed by atoms with van der Waals surface area (Å²) >= 11 is 0. The summed E-state index contributed by atoms with van der Waals surface area (Å²) in [6.45, 7) is 10.1. The Kier molecular flexibility index (Phi) is 9.75. The van der Waals surface area contributed by atoms with Gasteiger partial charge in [-0.3, -0.25) is 14.3 Å². The molecule has 2 unspecified atom stereocenters. The van der Waals surface area contributed by atoms with Gasteiger partial charge in [0.25, 0.3) is 11.8 Å². The molecule has 0 spiro atoms. The van der Waals surface area contributed by atoms with Gasteiger partial charge in [-0.2, -0.15) is 5.10 Å². The van der Waals surface area contributed by atoms with Gasteiger partial charge in [-0.15, -0.1) is 0 Å². The highest BCUT2D eigenvalue weighted by atomic mass is 32.2. The van der Waals surface area contributed by atoms with E-state index < -0.39 is 21.2 Å². The summed E-state index contributed by atoms with van der Waals surface area (Å²) in [5.41, 5.74) is 7.69. The number of anilines is 1. The minimum Gasteiger partial charge on any atom is -0.497 e. The van der Waals surface area contributed by atoms with Gasteiger partial charge >= 0.3 is 0 Å². The second-order valence-electron chi connectivity index (χ2n) is 14.5.